The molecule has 1 N–H and O–H groups in total. The van der Waals surface area contributed by atoms with Gasteiger partial charge < -0.3 is 14.2 Å². The third-order valence-corrected chi connectivity index (χ3v) is 6.31. The van der Waals surface area contributed by atoms with Gasteiger partial charge in [0.1, 0.15) is 5.75 Å². The van der Waals surface area contributed by atoms with Crippen LogP contribution < -0.4 is 18.9 Å². The summed E-state index contributed by atoms with van der Waals surface area (Å²) in [7, 11) is 0.999. The van der Waals surface area contributed by atoms with Crippen LogP contribution in [0.1, 0.15) is 24.9 Å². The molecule has 0 amide bonds. The third-order valence-electron chi connectivity index (χ3n) is 4.84. The summed E-state index contributed by atoms with van der Waals surface area (Å²) in [6.07, 6.45) is 0.583. The number of sulfonamides is 1. The fraction of sp³-hybridized carbons (Fsp3) is 0.273. The highest BCUT2D eigenvalue weighted by molar-refractivity contribution is 7.89. The first kappa shape index (κ1) is 21.0. The van der Waals surface area contributed by atoms with Crippen molar-refractivity contribution in [1.82, 2.24) is 4.72 Å². The van der Waals surface area contributed by atoms with E-state index in [4.69, 9.17) is 14.2 Å². The van der Waals surface area contributed by atoms with E-state index in [0.29, 0.717) is 17.9 Å². The number of methoxy groups -OCH3 is 3. The van der Waals surface area contributed by atoms with Gasteiger partial charge in [0, 0.05) is 6.04 Å². The fourth-order valence-electron chi connectivity index (χ4n) is 3.21. The van der Waals surface area contributed by atoms with Crippen LogP contribution in [-0.2, 0) is 10.0 Å². The van der Waals surface area contributed by atoms with E-state index >= 15 is 0 Å². The zero-order valence-corrected chi connectivity index (χ0v) is 17.7. The van der Waals surface area contributed by atoms with Crippen LogP contribution in [0.3, 0.4) is 0 Å². The second kappa shape index (κ2) is 8.71. The van der Waals surface area contributed by atoms with E-state index in [1.807, 2.05) is 31.2 Å². The molecule has 0 aliphatic carbocycles. The van der Waals surface area contributed by atoms with E-state index < -0.39 is 16.1 Å². The average molecular weight is 416 g/mol. The average Bonchev–Trinajstić information content (AvgIpc) is 2.76. The Morgan fingerprint density at radius 1 is 0.828 bits per heavy atom. The molecule has 0 aromatic heterocycles. The van der Waals surface area contributed by atoms with E-state index in [0.717, 1.165) is 22.1 Å². The van der Waals surface area contributed by atoms with Crippen molar-refractivity contribution in [2.75, 3.05) is 21.3 Å². The maximum absolute atomic E-state index is 13.0. The minimum Gasteiger partial charge on any atom is -0.497 e. The van der Waals surface area contributed by atoms with Gasteiger partial charge in [0.05, 0.1) is 26.2 Å². The third kappa shape index (κ3) is 4.46. The highest BCUT2D eigenvalue weighted by atomic mass is 32.2. The van der Waals surface area contributed by atoms with Gasteiger partial charge in [0.2, 0.25) is 10.0 Å². The molecule has 0 saturated heterocycles. The molecule has 0 spiro atoms. The first-order valence-corrected chi connectivity index (χ1v) is 10.7. The number of hydrogen-bond donors (Lipinski definition) is 1. The molecular weight excluding hydrogens is 390 g/mol. The molecule has 1 atom stereocenters. The maximum Gasteiger partial charge on any atom is 0.241 e. The fourth-order valence-corrected chi connectivity index (χ4v) is 4.55. The number of ether oxygens (including phenoxy) is 3. The van der Waals surface area contributed by atoms with Gasteiger partial charge in [-0.05, 0) is 59.2 Å². The van der Waals surface area contributed by atoms with Crippen molar-refractivity contribution < 1.29 is 22.6 Å². The van der Waals surface area contributed by atoms with Crippen molar-refractivity contribution in [2.24, 2.45) is 0 Å². The number of benzene rings is 3. The number of hydrogen-bond acceptors (Lipinski definition) is 5. The Balaban J connectivity index is 1.91. The summed E-state index contributed by atoms with van der Waals surface area (Å²) in [6.45, 7) is 1.93. The Morgan fingerprint density at radius 3 is 2.17 bits per heavy atom. The van der Waals surface area contributed by atoms with Gasteiger partial charge in [0.25, 0.3) is 0 Å². The molecule has 0 unspecified atom stereocenters. The second-order valence-electron chi connectivity index (χ2n) is 6.57. The second-order valence-corrected chi connectivity index (χ2v) is 8.29. The van der Waals surface area contributed by atoms with Gasteiger partial charge in [-0.2, -0.15) is 0 Å². The van der Waals surface area contributed by atoms with Gasteiger partial charge in [-0.25, -0.2) is 13.1 Å². The van der Waals surface area contributed by atoms with Crippen molar-refractivity contribution in [3.8, 4) is 17.2 Å². The van der Waals surface area contributed by atoms with Crippen LogP contribution in [0.25, 0.3) is 10.8 Å². The Bertz CT molecular complexity index is 1110. The van der Waals surface area contributed by atoms with Crippen LogP contribution in [-0.4, -0.2) is 29.7 Å². The van der Waals surface area contributed by atoms with E-state index in [1.165, 1.54) is 0 Å². The minimum atomic E-state index is -3.72. The summed E-state index contributed by atoms with van der Waals surface area (Å²) < 4.78 is 44.7. The molecule has 0 fully saturated rings. The first-order valence-electron chi connectivity index (χ1n) is 9.24. The van der Waals surface area contributed by atoms with E-state index in [-0.39, 0.29) is 4.90 Å². The maximum atomic E-state index is 13.0. The van der Waals surface area contributed by atoms with Gasteiger partial charge in [-0.1, -0.05) is 25.1 Å². The molecule has 3 aromatic rings. The van der Waals surface area contributed by atoms with Crippen molar-refractivity contribution in [2.45, 2.75) is 24.3 Å². The van der Waals surface area contributed by atoms with Crippen LogP contribution in [0, 0.1) is 0 Å². The van der Waals surface area contributed by atoms with Crippen LogP contribution in [0.15, 0.2) is 59.5 Å². The lowest BCUT2D eigenvalue weighted by atomic mass is 10.1. The van der Waals surface area contributed by atoms with Crippen molar-refractivity contribution in [1.29, 1.82) is 0 Å². The molecule has 29 heavy (non-hydrogen) atoms. The van der Waals surface area contributed by atoms with E-state index in [1.54, 1.807) is 51.7 Å². The molecular formula is C22H25NO5S. The van der Waals surface area contributed by atoms with Gasteiger partial charge in [0.15, 0.2) is 11.5 Å². The number of rotatable bonds is 8. The van der Waals surface area contributed by atoms with Gasteiger partial charge >= 0.3 is 0 Å². The zero-order valence-electron chi connectivity index (χ0n) is 16.9. The highest BCUT2D eigenvalue weighted by Crippen LogP contribution is 2.32. The molecule has 0 saturated carbocycles. The predicted octanol–water partition coefficient (Wildman–Crippen LogP) is 4.30. The molecule has 3 aromatic carbocycles. The topological polar surface area (TPSA) is 73.9 Å². The summed E-state index contributed by atoms with van der Waals surface area (Å²) in [5.41, 5.74) is 0.805. The Labute approximate surface area is 171 Å². The van der Waals surface area contributed by atoms with Crippen molar-refractivity contribution >= 4 is 20.8 Å². The lowest BCUT2D eigenvalue weighted by molar-refractivity contribution is 0.354. The Kier molecular flexibility index (Phi) is 6.30. The van der Waals surface area contributed by atoms with Crippen LogP contribution in [0.5, 0.6) is 17.2 Å². The standard InChI is InChI=1S/C22H25NO5S/c1-5-20(17-8-11-21(27-3)22(14-17)28-4)23-29(24,25)19-10-7-15-12-18(26-2)9-6-16(15)13-19/h6-14,20,23H,5H2,1-4H3/t20-/m0/s1. The van der Waals surface area contributed by atoms with Crippen LogP contribution >= 0.6 is 0 Å². The number of fused-ring (bicyclic) bond motifs is 1. The zero-order chi connectivity index (χ0) is 21.0. The predicted molar refractivity (Wildman–Crippen MR) is 113 cm³/mol. The normalized spacial score (nSPS) is 12.6. The smallest absolute Gasteiger partial charge is 0.241 e. The summed E-state index contributed by atoms with van der Waals surface area (Å²) in [6, 6.07) is 15.6. The summed E-state index contributed by atoms with van der Waals surface area (Å²) >= 11 is 0. The quantitative estimate of drug-likeness (QED) is 0.594. The lowest BCUT2D eigenvalue weighted by Gasteiger charge is -2.19. The van der Waals surface area contributed by atoms with Gasteiger partial charge in [-0.15, -0.1) is 0 Å². The van der Waals surface area contributed by atoms with E-state index in [9.17, 15) is 8.42 Å². The summed E-state index contributed by atoms with van der Waals surface area (Å²) in [4.78, 5) is 0.217. The van der Waals surface area contributed by atoms with Crippen LogP contribution in [0.4, 0.5) is 0 Å². The molecule has 0 heterocycles. The van der Waals surface area contributed by atoms with Crippen molar-refractivity contribution in [3.63, 3.8) is 0 Å². The lowest BCUT2D eigenvalue weighted by Crippen LogP contribution is -2.28. The van der Waals surface area contributed by atoms with Crippen LogP contribution in [0.2, 0.25) is 0 Å². The van der Waals surface area contributed by atoms with Crippen molar-refractivity contribution in [3.05, 3.63) is 60.2 Å². The molecule has 6 nitrogen and oxygen atoms in total. The molecule has 0 radical (unpaired) electrons. The van der Waals surface area contributed by atoms with E-state index in [2.05, 4.69) is 4.72 Å². The molecule has 154 valence electrons. The molecule has 7 heteroatoms. The monoisotopic (exact) mass is 415 g/mol. The number of nitrogens with one attached hydrogen (secondary N) is 1. The summed E-state index contributed by atoms with van der Waals surface area (Å²) in [5.74, 6) is 1.88. The van der Waals surface area contributed by atoms with Gasteiger partial charge in [-0.3, -0.25) is 0 Å². The Morgan fingerprint density at radius 2 is 1.52 bits per heavy atom. The first-order chi connectivity index (χ1) is 13.9. The SMILES string of the molecule is CC[C@H](NS(=O)(=O)c1ccc2cc(OC)ccc2c1)c1ccc(OC)c(OC)c1. The minimum absolute atomic E-state index is 0.217. The molecule has 0 aliphatic heterocycles. The summed E-state index contributed by atoms with van der Waals surface area (Å²) in [5, 5.41) is 1.74. The molecule has 0 aliphatic rings. The Hall–Kier alpha value is -2.77. The highest BCUT2D eigenvalue weighted by Gasteiger charge is 2.22. The molecule has 3 rings (SSSR count). The molecule has 0 bridgehead atoms. The largest absolute Gasteiger partial charge is 0.497 e.